The van der Waals surface area contributed by atoms with Crippen molar-refractivity contribution in [3.05, 3.63) is 48.3 Å². The fourth-order valence-electron chi connectivity index (χ4n) is 3.02. The van der Waals surface area contributed by atoms with Crippen molar-refractivity contribution in [2.24, 2.45) is 7.05 Å². The Morgan fingerprint density at radius 3 is 2.92 bits per heavy atom. The normalized spacial score (nSPS) is 17.6. The molecule has 1 N–H and O–H groups in total. The molecule has 0 radical (unpaired) electrons. The van der Waals surface area contributed by atoms with Crippen LogP contribution in [0.3, 0.4) is 0 Å². The third kappa shape index (κ3) is 4.55. The van der Waals surface area contributed by atoms with Crippen LogP contribution in [0.5, 0.6) is 0 Å². The lowest BCUT2D eigenvalue weighted by atomic mass is 10.1. The lowest BCUT2D eigenvalue weighted by Crippen LogP contribution is -2.40. The van der Waals surface area contributed by atoms with Crippen molar-refractivity contribution in [2.45, 2.75) is 31.8 Å². The predicted octanol–water partition coefficient (Wildman–Crippen LogP) is 2.02. The van der Waals surface area contributed by atoms with Gasteiger partial charge in [-0.2, -0.15) is 0 Å². The molecule has 3 rings (SSSR count). The van der Waals surface area contributed by atoms with Crippen molar-refractivity contribution in [3.8, 4) is 0 Å². The summed E-state index contributed by atoms with van der Waals surface area (Å²) >= 11 is 0. The Labute approximate surface area is 148 Å². The van der Waals surface area contributed by atoms with Crippen LogP contribution in [-0.4, -0.2) is 44.5 Å². The molecule has 1 unspecified atom stereocenters. The number of hydrogen-bond acceptors (Lipinski definition) is 4. The van der Waals surface area contributed by atoms with Gasteiger partial charge >= 0.3 is 0 Å². The number of aryl methyl sites for hydroxylation is 1. The SMILES string of the molecule is Cl.Cn1cnc(C(=O)N(Cc2ccccn2)C2CCCNCC2)c1. The standard InChI is InChI=1S/C17H23N5O.ClH/c1-21-12-16(20-13-21)17(23)22(11-14-5-2-3-9-19-14)15-6-4-8-18-10-7-15;/h2-3,5,9,12-13,15,18H,4,6-8,10-11H2,1H3;1H. The second kappa shape index (κ2) is 8.80. The minimum absolute atomic E-state index is 0. The van der Waals surface area contributed by atoms with Gasteiger partial charge in [-0.3, -0.25) is 9.78 Å². The number of nitrogens with zero attached hydrogens (tertiary/aromatic N) is 4. The van der Waals surface area contributed by atoms with Crippen LogP contribution < -0.4 is 5.32 Å². The van der Waals surface area contributed by atoms with Crippen molar-refractivity contribution in [2.75, 3.05) is 13.1 Å². The van der Waals surface area contributed by atoms with Crippen LogP contribution >= 0.6 is 12.4 Å². The van der Waals surface area contributed by atoms with Gasteiger partial charge in [0.05, 0.1) is 18.6 Å². The number of pyridine rings is 1. The smallest absolute Gasteiger partial charge is 0.274 e. The summed E-state index contributed by atoms with van der Waals surface area (Å²) in [5.74, 6) is -0.0110. The zero-order valence-corrected chi connectivity index (χ0v) is 14.7. The van der Waals surface area contributed by atoms with E-state index in [4.69, 9.17) is 0 Å². The quantitative estimate of drug-likeness (QED) is 0.917. The van der Waals surface area contributed by atoms with E-state index in [0.29, 0.717) is 12.2 Å². The molecular formula is C17H24ClN5O. The van der Waals surface area contributed by atoms with Gasteiger partial charge in [0, 0.05) is 25.5 Å². The molecule has 130 valence electrons. The van der Waals surface area contributed by atoms with E-state index in [-0.39, 0.29) is 24.4 Å². The maximum Gasteiger partial charge on any atom is 0.274 e. The molecule has 2 aromatic rings. The summed E-state index contributed by atoms with van der Waals surface area (Å²) in [7, 11) is 1.88. The van der Waals surface area contributed by atoms with Gasteiger partial charge in [0.15, 0.2) is 0 Å². The van der Waals surface area contributed by atoms with Gasteiger partial charge in [-0.05, 0) is 44.5 Å². The molecule has 0 bridgehead atoms. The first-order valence-electron chi connectivity index (χ1n) is 8.13. The summed E-state index contributed by atoms with van der Waals surface area (Å²) in [6, 6.07) is 6.04. The Morgan fingerprint density at radius 1 is 1.33 bits per heavy atom. The van der Waals surface area contributed by atoms with E-state index in [1.807, 2.05) is 30.1 Å². The summed E-state index contributed by atoms with van der Waals surface area (Å²) in [5.41, 5.74) is 1.41. The highest BCUT2D eigenvalue weighted by Crippen LogP contribution is 2.18. The first-order chi connectivity index (χ1) is 11.2. The Balaban J connectivity index is 0.00000208. The van der Waals surface area contributed by atoms with E-state index in [9.17, 15) is 4.79 Å². The molecule has 1 atom stereocenters. The third-order valence-electron chi connectivity index (χ3n) is 4.23. The van der Waals surface area contributed by atoms with E-state index in [1.54, 1.807) is 23.3 Å². The van der Waals surface area contributed by atoms with Crippen LogP contribution in [-0.2, 0) is 13.6 Å². The highest BCUT2D eigenvalue weighted by atomic mass is 35.5. The van der Waals surface area contributed by atoms with Gasteiger partial charge in [-0.15, -0.1) is 12.4 Å². The number of aromatic nitrogens is 3. The van der Waals surface area contributed by atoms with Crippen LogP contribution in [0.4, 0.5) is 0 Å². The molecule has 0 aliphatic carbocycles. The molecule has 6 nitrogen and oxygen atoms in total. The number of amides is 1. The highest BCUT2D eigenvalue weighted by molar-refractivity contribution is 5.92. The Kier molecular flexibility index (Phi) is 6.75. The predicted molar refractivity (Wildman–Crippen MR) is 95.1 cm³/mol. The molecule has 2 aromatic heterocycles. The Morgan fingerprint density at radius 2 is 2.21 bits per heavy atom. The van der Waals surface area contributed by atoms with E-state index in [1.165, 1.54) is 0 Å². The number of nitrogens with one attached hydrogen (secondary N) is 1. The summed E-state index contributed by atoms with van der Waals surface area (Å²) < 4.78 is 1.81. The second-order valence-corrected chi connectivity index (χ2v) is 6.01. The van der Waals surface area contributed by atoms with Gasteiger partial charge in [0.25, 0.3) is 5.91 Å². The van der Waals surface area contributed by atoms with Gasteiger partial charge in [-0.25, -0.2) is 4.98 Å². The van der Waals surface area contributed by atoms with Crippen LogP contribution in [0.15, 0.2) is 36.9 Å². The second-order valence-electron chi connectivity index (χ2n) is 6.01. The van der Waals surface area contributed by atoms with Gasteiger partial charge in [-0.1, -0.05) is 6.07 Å². The number of imidazole rings is 1. The average Bonchev–Trinajstić information content (AvgIpc) is 2.84. The fraction of sp³-hybridized carbons (Fsp3) is 0.471. The molecule has 24 heavy (non-hydrogen) atoms. The number of rotatable bonds is 4. The minimum atomic E-state index is -0.0110. The number of carbonyl (C=O) groups excluding carboxylic acids is 1. The van der Waals surface area contributed by atoms with Crippen molar-refractivity contribution in [1.29, 1.82) is 0 Å². The molecular weight excluding hydrogens is 326 g/mol. The maximum atomic E-state index is 13.0. The summed E-state index contributed by atoms with van der Waals surface area (Å²) in [4.78, 5) is 23.5. The average molecular weight is 350 g/mol. The molecule has 1 aliphatic heterocycles. The van der Waals surface area contributed by atoms with Crippen LogP contribution in [0.2, 0.25) is 0 Å². The third-order valence-corrected chi connectivity index (χ3v) is 4.23. The summed E-state index contributed by atoms with van der Waals surface area (Å²) in [6.45, 7) is 2.49. The lowest BCUT2D eigenvalue weighted by molar-refractivity contribution is 0.0636. The number of carbonyl (C=O) groups is 1. The van der Waals surface area contributed by atoms with Crippen molar-refractivity contribution < 1.29 is 4.79 Å². The molecule has 1 saturated heterocycles. The molecule has 0 saturated carbocycles. The van der Waals surface area contributed by atoms with E-state index >= 15 is 0 Å². The highest BCUT2D eigenvalue weighted by Gasteiger charge is 2.27. The Hall–Kier alpha value is -1.92. The molecule has 3 heterocycles. The monoisotopic (exact) mass is 349 g/mol. The van der Waals surface area contributed by atoms with Crippen molar-refractivity contribution in [3.63, 3.8) is 0 Å². The molecule has 0 aromatic carbocycles. The van der Waals surface area contributed by atoms with Gasteiger partial charge < -0.3 is 14.8 Å². The molecule has 1 aliphatic rings. The van der Waals surface area contributed by atoms with E-state index in [0.717, 1.165) is 38.0 Å². The van der Waals surface area contributed by atoms with Crippen LogP contribution in [0, 0.1) is 0 Å². The first kappa shape index (κ1) is 18.4. The first-order valence-corrected chi connectivity index (χ1v) is 8.13. The molecule has 0 spiro atoms. The minimum Gasteiger partial charge on any atom is -0.340 e. The van der Waals surface area contributed by atoms with E-state index in [2.05, 4.69) is 15.3 Å². The topological polar surface area (TPSA) is 63.1 Å². The maximum absolute atomic E-state index is 13.0. The molecule has 1 amide bonds. The van der Waals surface area contributed by atoms with Crippen LogP contribution in [0.1, 0.15) is 35.4 Å². The largest absolute Gasteiger partial charge is 0.340 e. The van der Waals surface area contributed by atoms with Gasteiger partial charge in [0.2, 0.25) is 0 Å². The zero-order chi connectivity index (χ0) is 16.1. The Bertz CT molecular complexity index is 637. The van der Waals surface area contributed by atoms with Crippen LogP contribution in [0.25, 0.3) is 0 Å². The molecule has 7 heteroatoms. The van der Waals surface area contributed by atoms with Gasteiger partial charge in [0.1, 0.15) is 5.69 Å². The van der Waals surface area contributed by atoms with E-state index < -0.39 is 0 Å². The van der Waals surface area contributed by atoms with Crippen molar-refractivity contribution >= 4 is 18.3 Å². The zero-order valence-electron chi connectivity index (χ0n) is 13.9. The fourth-order valence-corrected chi connectivity index (χ4v) is 3.02. The lowest BCUT2D eigenvalue weighted by Gasteiger charge is -2.30. The summed E-state index contributed by atoms with van der Waals surface area (Å²) in [6.07, 6.45) is 8.28. The summed E-state index contributed by atoms with van der Waals surface area (Å²) in [5, 5.41) is 3.41. The number of halogens is 1. The van der Waals surface area contributed by atoms with Crippen molar-refractivity contribution in [1.82, 2.24) is 24.8 Å². The number of hydrogen-bond donors (Lipinski definition) is 1. The molecule has 1 fully saturated rings.